The first-order valence-corrected chi connectivity index (χ1v) is 14.0. The van der Waals surface area contributed by atoms with Crippen LogP contribution in [0.5, 0.6) is 0 Å². The van der Waals surface area contributed by atoms with Gasteiger partial charge >= 0.3 is 5.97 Å². The number of rotatable bonds is 9. The van der Waals surface area contributed by atoms with Gasteiger partial charge < -0.3 is 10.2 Å². The number of aromatic nitrogens is 1. The van der Waals surface area contributed by atoms with Gasteiger partial charge in [-0.25, -0.2) is 14.8 Å². The fraction of sp³-hybridized carbons (Fsp3) is 0.296. The van der Waals surface area contributed by atoms with Crippen molar-refractivity contribution in [3.63, 3.8) is 0 Å². The van der Waals surface area contributed by atoms with Crippen LogP contribution in [0.3, 0.4) is 0 Å². The van der Waals surface area contributed by atoms with Crippen LogP contribution in [-0.4, -0.2) is 67.9 Å². The topological polar surface area (TPSA) is 94.0 Å². The van der Waals surface area contributed by atoms with E-state index in [2.05, 4.69) is 16.8 Å². The van der Waals surface area contributed by atoms with E-state index in [1.54, 1.807) is 11.2 Å². The lowest BCUT2D eigenvalue weighted by Gasteiger charge is -2.38. The first kappa shape index (κ1) is 27.2. The minimum Gasteiger partial charge on any atom is -0.477 e. The van der Waals surface area contributed by atoms with Crippen molar-refractivity contribution in [2.75, 3.05) is 25.4 Å². The maximum atomic E-state index is 12.6. The van der Waals surface area contributed by atoms with Gasteiger partial charge in [0, 0.05) is 48.4 Å². The third-order valence-electron chi connectivity index (χ3n) is 5.76. The van der Waals surface area contributed by atoms with Crippen molar-refractivity contribution in [1.82, 2.24) is 15.0 Å². The summed E-state index contributed by atoms with van der Waals surface area (Å²) in [4.78, 5) is 29.0. The van der Waals surface area contributed by atoms with Crippen LogP contribution in [0.1, 0.15) is 37.8 Å². The minimum atomic E-state index is -1.01. The van der Waals surface area contributed by atoms with Crippen LogP contribution in [-0.2, 0) is 12.8 Å². The molecular formula is C27H26ClN3O4S2. The van der Waals surface area contributed by atoms with Crippen LogP contribution < -0.4 is 0 Å². The molecule has 7 nitrogen and oxygen atoms in total. The fourth-order valence-corrected chi connectivity index (χ4v) is 6.02. The van der Waals surface area contributed by atoms with Gasteiger partial charge in [-0.3, -0.25) is 9.80 Å². The maximum absolute atomic E-state index is 12.6. The molecule has 2 aromatic heterocycles. The highest BCUT2D eigenvalue weighted by Gasteiger charge is 2.27. The number of carboxylic acids is 1. The SMILES string of the molecule is O=C(O)c1cc(Cl)c(CCN2C(=O)SCCN2CC[C@@H](O)Cc2cccc(C#Cc3ccccn3)c2)s1. The molecule has 0 bridgehead atoms. The van der Waals surface area contributed by atoms with E-state index in [1.165, 1.54) is 17.8 Å². The molecule has 192 valence electrons. The number of aromatic carboxylic acids is 1. The molecule has 1 fully saturated rings. The molecule has 1 saturated heterocycles. The van der Waals surface area contributed by atoms with Crippen molar-refractivity contribution in [3.05, 3.63) is 86.3 Å². The standard InChI is InChI=1S/C27H26ClN3O4S2/c28-23-18-25(26(33)34)37-24(23)10-13-31-27(35)36-15-14-30(31)12-9-22(32)17-20-5-3-4-19(16-20)7-8-21-6-1-2-11-29-21/h1-6,11,16,18,22,32H,9-10,12-15,17H2,(H,33,34)/t22-/m1/s1. The number of amides is 1. The highest BCUT2D eigenvalue weighted by atomic mass is 35.5. The lowest BCUT2D eigenvalue weighted by atomic mass is 10.0. The van der Waals surface area contributed by atoms with Crippen molar-refractivity contribution in [2.45, 2.75) is 25.4 Å². The number of aliphatic hydroxyl groups excluding tert-OH is 1. The van der Waals surface area contributed by atoms with Gasteiger partial charge in [-0.2, -0.15) is 0 Å². The van der Waals surface area contributed by atoms with Crippen molar-refractivity contribution < 1.29 is 19.8 Å². The van der Waals surface area contributed by atoms with E-state index in [9.17, 15) is 19.8 Å². The fourth-order valence-electron chi connectivity index (χ4n) is 3.93. The number of carbonyl (C=O) groups excluding carboxylic acids is 1. The molecule has 1 aliphatic heterocycles. The molecule has 0 saturated carbocycles. The number of hydrogen-bond donors (Lipinski definition) is 2. The van der Waals surface area contributed by atoms with E-state index in [-0.39, 0.29) is 10.1 Å². The Kier molecular flexibility index (Phi) is 9.61. The normalized spacial score (nSPS) is 14.8. The Balaban J connectivity index is 1.32. The van der Waals surface area contributed by atoms with Crippen molar-refractivity contribution in [2.24, 2.45) is 0 Å². The summed E-state index contributed by atoms with van der Waals surface area (Å²) in [6.07, 6.45) is 2.59. The predicted molar refractivity (Wildman–Crippen MR) is 147 cm³/mol. The summed E-state index contributed by atoms with van der Waals surface area (Å²) in [5.74, 6) is 5.84. The van der Waals surface area contributed by atoms with E-state index in [0.29, 0.717) is 55.4 Å². The number of aliphatic hydroxyl groups is 1. The van der Waals surface area contributed by atoms with Crippen LogP contribution >= 0.6 is 34.7 Å². The number of thioether (sulfide) groups is 1. The third kappa shape index (κ3) is 7.81. The van der Waals surface area contributed by atoms with Gasteiger partial charge in [-0.1, -0.05) is 47.5 Å². The molecule has 1 amide bonds. The molecule has 0 unspecified atom stereocenters. The largest absolute Gasteiger partial charge is 0.477 e. The summed E-state index contributed by atoms with van der Waals surface area (Å²) in [6.45, 7) is 1.63. The number of thiophene rings is 1. The lowest BCUT2D eigenvalue weighted by molar-refractivity contribution is 0.0148. The summed E-state index contributed by atoms with van der Waals surface area (Å²) >= 11 is 8.60. The quantitative estimate of drug-likeness (QED) is 0.366. The second-order valence-corrected chi connectivity index (χ2v) is 11.0. The van der Waals surface area contributed by atoms with Gasteiger partial charge in [0.2, 0.25) is 0 Å². The molecule has 10 heteroatoms. The van der Waals surface area contributed by atoms with E-state index >= 15 is 0 Å². The molecule has 37 heavy (non-hydrogen) atoms. The maximum Gasteiger partial charge on any atom is 0.345 e. The molecule has 1 atom stereocenters. The molecule has 3 aromatic rings. The molecule has 0 aliphatic carbocycles. The zero-order valence-corrected chi connectivity index (χ0v) is 22.4. The number of benzene rings is 1. The van der Waals surface area contributed by atoms with Crippen molar-refractivity contribution in [3.8, 4) is 11.8 Å². The van der Waals surface area contributed by atoms with Crippen molar-refractivity contribution >= 4 is 45.9 Å². The molecule has 1 aliphatic rings. The average molecular weight is 556 g/mol. The second kappa shape index (κ2) is 13.1. The summed E-state index contributed by atoms with van der Waals surface area (Å²) in [7, 11) is 0. The zero-order chi connectivity index (χ0) is 26.2. The smallest absolute Gasteiger partial charge is 0.345 e. The Morgan fingerprint density at radius 2 is 2.03 bits per heavy atom. The monoisotopic (exact) mass is 555 g/mol. The predicted octanol–water partition coefficient (Wildman–Crippen LogP) is 4.82. The first-order chi connectivity index (χ1) is 17.9. The number of nitrogens with zero attached hydrogens (tertiary/aromatic N) is 3. The van der Waals surface area contributed by atoms with Gasteiger partial charge in [-0.05, 0) is 54.7 Å². The highest BCUT2D eigenvalue weighted by Crippen LogP contribution is 2.29. The Morgan fingerprint density at radius 3 is 2.78 bits per heavy atom. The van der Waals surface area contributed by atoms with E-state index < -0.39 is 12.1 Å². The molecule has 0 spiro atoms. The van der Waals surface area contributed by atoms with Crippen LogP contribution in [0.4, 0.5) is 4.79 Å². The summed E-state index contributed by atoms with van der Waals surface area (Å²) < 4.78 is 0. The second-order valence-electron chi connectivity index (χ2n) is 8.44. The summed E-state index contributed by atoms with van der Waals surface area (Å²) in [5.41, 5.74) is 2.55. The highest BCUT2D eigenvalue weighted by molar-refractivity contribution is 8.13. The molecular weight excluding hydrogens is 530 g/mol. The van der Waals surface area contributed by atoms with E-state index in [0.717, 1.165) is 27.3 Å². The van der Waals surface area contributed by atoms with E-state index in [1.807, 2.05) is 47.5 Å². The molecule has 1 aromatic carbocycles. The van der Waals surface area contributed by atoms with Crippen molar-refractivity contribution in [1.29, 1.82) is 0 Å². The lowest BCUT2D eigenvalue weighted by Crippen LogP contribution is -2.51. The number of hydrogen-bond acceptors (Lipinski definition) is 7. The Labute approximate surface area is 229 Å². The Morgan fingerprint density at radius 1 is 1.16 bits per heavy atom. The van der Waals surface area contributed by atoms with E-state index in [4.69, 9.17) is 11.6 Å². The van der Waals surface area contributed by atoms with Crippen LogP contribution in [0, 0.1) is 11.8 Å². The molecule has 3 heterocycles. The zero-order valence-electron chi connectivity index (χ0n) is 20.0. The Bertz CT molecular complexity index is 1310. The molecule has 2 N–H and O–H groups in total. The summed E-state index contributed by atoms with van der Waals surface area (Å²) in [5, 5.41) is 23.9. The minimum absolute atomic E-state index is 0.0499. The van der Waals surface area contributed by atoms with Gasteiger partial charge in [0.1, 0.15) is 10.6 Å². The van der Waals surface area contributed by atoms with Crippen LogP contribution in [0.25, 0.3) is 0 Å². The molecule has 0 radical (unpaired) electrons. The van der Waals surface area contributed by atoms with Crippen LogP contribution in [0.2, 0.25) is 5.02 Å². The van der Waals surface area contributed by atoms with Gasteiger partial charge in [0.05, 0.1) is 11.1 Å². The number of pyridine rings is 1. The Hall–Kier alpha value is -2.87. The number of halogens is 1. The summed E-state index contributed by atoms with van der Waals surface area (Å²) in [6, 6.07) is 14.9. The third-order valence-corrected chi connectivity index (χ3v) is 8.24. The first-order valence-electron chi connectivity index (χ1n) is 11.8. The average Bonchev–Trinajstić information content (AvgIpc) is 3.27. The van der Waals surface area contributed by atoms with Crippen LogP contribution in [0.15, 0.2) is 54.7 Å². The van der Waals surface area contributed by atoms with Gasteiger partial charge in [-0.15, -0.1) is 11.3 Å². The van der Waals surface area contributed by atoms with Gasteiger partial charge in [0.25, 0.3) is 5.24 Å². The molecule has 4 rings (SSSR count). The number of carboxylic acid groups (broad SMARTS) is 1. The number of hydrazine groups is 1. The van der Waals surface area contributed by atoms with Gasteiger partial charge in [0.15, 0.2) is 0 Å². The number of carbonyl (C=O) groups is 2.